The number of hydrogen-bond donors (Lipinski definition) is 0. The van der Waals surface area contributed by atoms with Crippen LogP contribution in [0, 0.1) is 131 Å². The van der Waals surface area contributed by atoms with Gasteiger partial charge >= 0.3 is 0 Å². The number of ketones is 4. The molecule has 4 saturated carbocycles. The zero-order chi connectivity index (χ0) is 84.8. The van der Waals surface area contributed by atoms with Crippen molar-refractivity contribution in [3.8, 4) is 37.0 Å². The fourth-order valence-electron chi connectivity index (χ4n) is 21.1. The summed E-state index contributed by atoms with van der Waals surface area (Å²) in [6.07, 6.45) is 55.8. The Labute approximate surface area is 718 Å². The van der Waals surface area contributed by atoms with Crippen LogP contribution in [0.15, 0.2) is 219 Å². The van der Waals surface area contributed by atoms with E-state index in [9.17, 15) is 36.7 Å². The van der Waals surface area contributed by atoms with Gasteiger partial charge in [0.15, 0.2) is 0 Å². The predicted octanol–water partition coefficient (Wildman–Crippen LogP) is 22.2. The minimum atomic E-state index is -0.234. The molecule has 0 radical (unpaired) electrons. The van der Waals surface area contributed by atoms with Gasteiger partial charge in [-0.3, -0.25) is 49.1 Å². The SMILES string of the molecule is C#Cc1ccc(CC(=O)C[C@@H]2C[C@@H]3CC(c4ccnc5ccc(F)cc45)=C[C@@H]3C2)cn1.C#Cc1ccc(CC(=O)C[C@@H]2C[C@@H]3CC(c4ccnc5ccc(F)cc45)=C[C@@H]3C2)nc1.C#Cc1ccc(CC(=O)C[C@H]2C[C@@H]3CC(c4ccnc5ccc(F)cc45)=C[C@@H]3C2)nc1.O=C(Cc1ccc(Cl)nc1)C[C@@H]1C[C@@H]2CC(c3ccnc4ccc(F)cc34)=C[C@@H]2C1. The highest BCUT2D eigenvalue weighted by atomic mass is 35.5. The van der Waals surface area contributed by atoms with E-state index in [4.69, 9.17) is 30.9 Å². The zero-order valence-corrected chi connectivity index (χ0v) is 68.9. The van der Waals surface area contributed by atoms with E-state index in [1.165, 1.54) is 46.6 Å². The van der Waals surface area contributed by atoms with E-state index in [0.29, 0.717) is 133 Å². The second kappa shape index (κ2) is 37.0. The monoisotopic (exact) mass is 1650 g/mol. The van der Waals surface area contributed by atoms with Gasteiger partial charge in [0.1, 0.15) is 57.2 Å². The number of rotatable bonds is 20. The number of pyridine rings is 8. The van der Waals surface area contributed by atoms with Crippen molar-refractivity contribution < 1.29 is 36.7 Å². The Balaban J connectivity index is 0.000000116. The molecule has 8 aliphatic carbocycles. The molecule has 8 heterocycles. The van der Waals surface area contributed by atoms with Crippen LogP contribution in [0.3, 0.4) is 0 Å². The van der Waals surface area contributed by atoms with Crippen LogP contribution in [0.5, 0.6) is 0 Å². The number of carbonyl (C=O) groups is 4. The standard InChI is InChI=1S/3C27H23FN2O.C25H22ClFN2O/c1-2-23-5-3-17(16-30-23)11-24(31)12-18-9-19-13-21(14-20(19)10-18)25-7-8-29-27-6-4-22(28)15-26(25)27;2*1-2-17-3-5-23(30-16-17)15-24(31)11-18-9-19-12-21(13-20(19)10-18)25-7-8-29-27-6-4-22(28)14-26(25)27;26-25-4-1-15(14-29-25)9-21(30)10-16-7-17-11-19(12-18(17)8-16)22-5-6-28-24-3-2-20(27)13-23(22)24/h1,3-8,13,15-16,18-20H,9-12,14H2;2*1,3-8,12,14,16,18-20H,9-11,13,15H2;1-6,11,13-14,16-18H,7-10,12H2/t18-,19-,20+;18-,19+,20-;18-,19-,20+;16-,17-,18+/m0100/s1. The molecule has 12 aromatic rings. The summed E-state index contributed by atoms with van der Waals surface area (Å²) in [5, 5.41) is 3.96. The van der Waals surface area contributed by atoms with Crippen LogP contribution in [0.2, 0.25) is 5.15 Å². The highest BCUT2D eigenvalue weighted by Crippen LogP contribution is 2.54. The molecular weight excluding hydrogens is 1560 g/mol. The number of benzene rings is 4. The number of hydrogen-bond acceptors (Lipinski definition) is 12. The minimum absolute atomic E-state index is 0.231. The summed E-state index contributed by atoms with van der Waals surface area (Å²) < 4.78 is 55.2. The van der Waals surface area contributed by atoms with Gasteiger partial charge < -0.3 is 0 Å². The fraction of sp³-hybridized carbons (Fsp3) is 0.302. The van der Waals surface area contributed by atoms with Crippen molar-refractivity contribution in [3.63, 3.8) is 0 Å². The lowest BCUT2D eigenvalue weighted by atomic mass is 9.93. The quantitative estimate of drug-likeness (QED) is 0.0402. The average molecular weight is 1650 g/mol. The Bertz CT molecular complexity index is 5880. The van der Waals surface area contributed by atoms with Crippen LogP contribution < -0.4 is 0 Å². The maximum atomic E-state index is 13.8. The molecule has 123 heavy (non-hydrogen) atoms. The van der Waals surface area contributed by atoms with Gasteiger partial charge in [-0.25, -0.2) is 27.5 Å². The first-order valence-corrected chi connectivity index (χ1v) is 43.1. The van der Waals surface area contributed by atoms with Crippen molar-refractivity contribution in [1.82, 2.24) is 39.9 Å². The Morgan fingerprint density at radius 3 is 0.919 bits per heavy atom. The van der Waals surface area contributed by atoms with Crippen LogP contribution >= 0.6 is 11.6 Å². The van der Waals surface area contributed by atoms with Crippen molar-refractivity contribution in [2.45, 2.75) is 128 Å². The lowest BCUT2D eigenvalue weighted by Gasteiger charge is -2.12. The molecule has 0 spiro atoms. The molecule has 4 aromatic carbocycles. The molecule has 17 heteroatoms. The summed E-state index contributed by atoms with van der Waals surface area (Å²) in [6.45, 7) is 0. The van der Waals surface area contributed by atoms with Crippen LogP contribution in [0.25, 0.3) is 65.9 Å². The van der Waals surface area contributed by atoms with Gasteiger partial charge in [0, 0.05) is 145 Å². The first-order valence-electron chi connectivity index (χ1n) is 42.7. The van der Waals surface area contributed by atoms with Gasteiger partial charge in [0.05, 0.1) is 22.1 Å². The first-order chi connectivity index (χ1) is 59.8. The molecule has 8 aromatic heterocycles. The van der Waals surface area contributed by atoms with Crippen molar-refractivity contribution in [1.29, 1.82) is 0 Å². The van der Waals surface area contributed by atoms with E-state index < -0.39 is 0 Å². The van der Waals surface area contributed by atoms with E-state index in [1.807, 2.05) is 60.7 Å². The number of nitrogens with zero attached hydrogens (tertiary/aromatic N) is 8. The molecule has 8 aliphatic rings. The minimum Gasteiger partial charge on any atom is -0.299 e. The fourth-order valence-corrected chi connectivity index (χ4v) is 21.3. The number of halogens is 5. The summed E-state index contributed by atoms with van der Waals surface area (Å²) in [6, 6.07) is 41.7. The van der Waals surface area contributed by atoms with Gasteiger partial charge in [-0.1, -0.05) is 65.8 Å². The number of allylic oxidation sites excluding steroid dienone is 8. The molecular formula is C106H91ClF4N8O4. The Morgan fingerprint density at radius 2 is 0.650 bits per heavy atom. The molecule has 4 fully saturated rings. The molecule has 0 N–H and O–H groups in total. The second-order valence-electron chi connectivity index (χ2n) is 34.9. The Hall–Kier alpha value is -12.6. The number of aromatic nitrogens is 8. The molecule has 0 aliphatic heterocycles. The van der Waals surface area contributed by atoms with Crippen LogP contribution in [0.1, 0.15) is 164 Å². The van der Waals surface area contributed by atoms with Gasteiger partial charge in [0.2, 0.25) is 0 Å². The van der Waals surface area contributed by atoms with E-state index in [2.05, 4.69) is 81.9 Å². The van der Waals surface area contributed by atoms with Crippen LogP contribution in [-0.2, 0) is 44.9 Å². The number of carbonyl (C=O) groups excluding carboxylic acids is 4. The number of terminal acetylenes is 3. The molecule has 12 nitrogen and oxygen atoms in total. The Kier molecular flexibility index (Phi) is 24.9. The van der Waals surface area contributed by atoms with E-state index in [0.717, 1.165) is 177 Å². The lowest BCUT2D eigenvalue weighted by Crippen LogP contribution is -2.10. The third-order valence-corrected chi connectivity index (χ3v) is 26.8. The second-order valence-corrected chi connectivity index (χ2v) is 35.3. The van der Waals surface area contributed by atoms with E-state index in [-0.39, 0.29) is 46.4 Å². The topological polar surface area (TPSA) is 171 Å². The summed E-state index contributed by atoms with van der Waals surface area (Å²) in [4.78, 5) is 84.5. The number of fused-ring (bicyclic) bond motifs is 8. The predicted molar refractivity (Wildman–Crippen MR) is 475 cm³/mol. The third-order valence-electron chi connectivity index (χ3n) is 26.5. The molecule has 0 amide bonds. The highest BCUT2D eigenvalue weighted by Gasteiger charge is 2.43. The van der Waals surface area contributed by atoms with Crippen LogP contribution in [0.4, 0.5) is 17.6 Å². The van der Waals surface area contributed by atoms with E-state index in [1.54, 1.807) is 110 Å². The largest absolute Gasteiger partial charge is 0.299 e. The first kappa shape index (κ1) is 82.7. The van der Waals surface area contributed by atoms with Gasteiger partial charge in [-0.2, -0.15) is 0 Å². The lowest BCUT2D eigenvalue weighted by molar-refractivity contribution is -0.120. The molecule has 0 saturated heterocycles. The molecule has 614 valence electrons. The van der Waals surface area contributed by atoms with Crippen molar-refractivity contribution in [3.05, 3.63) is 309 Å². The van der Waals surface area contributed by atoms with Crippen LogP contribution in [-0.4, -0.2) is 63.0 Å². The van der Waals surface area contributed by atoms with Gasteiger partial charge in [0.25, 0.3) is 0 Å². The molecule has 12 atom stereocenters. The highest BCUT2D eigenvalue weighted by molar-refractivity contribution is 6.29. The summed E-state index contributed by atoms with van der Waals surface area (Å²) >= 11 is 5.81. The summed E-state index contributed by atoms with van der Waals surface area (Å²) in [7, 11) is 0. The zero-order valence-electron chi connectivity index (χ0n) is 68.2. The van der Waals surface area contributed by atoms with Gasteiger partial charge in [-0.05, 0) is 337 Å². The molecule has 20 rings (SSSR count). The van der Waals surface area contributed by atoms with Gasteiger partial charge in [-0.15, -0.1) is 19.3 Å². The Morgan fingerprint density at radius 1 is 0.333 bits per heavy atom. The summed E-state index contributed by atoms with van der Waals surface area (Å²) in [5.41, 5.74) is 18.3. The third kappa shape index (κ3) is 19.7. The van der Waals surface area contributed by atoms with Crippen molar-refractivity contribution in [2.75, 3.05) is 0 Å². The van der Waals surface area contributed by atoms with Crippen molar-refractivity contribution in [2.24, 2.45) is 71.0 Å². The maximum absolute atomic E-state index is 13.8. The normalized spacial score (nSPS) is 22.4. The summed E-state index contributed by atoms with van der Waals surface area (Å²) in [5.74, 6) is 13.7. The average Bonchev–Trinajstić information content (AvgIpc) is 1.60. The van der Waals surface area contributed by atoms with Crippen molar-refractivity contribution >= 4 is 101 Å². The van der Waals surface area contributed by atoms with E-state index >= 15 is 0 Å². The molecule has 0 bridgehead atoms. The molecule has 0 unspecified atom stereocenters. The smallest absolute Gasteiger partial charge is 0.139 e. The maximum Gasteiger partial charge on any atom is 0.139 e. The number of Topliss-reactive ketones (excluding diaryl/α,β-unsaturated/α-hetero) is 4.